The third kappa shape index (κ3) is 4.90. The first-order valence-electron chi connectivity index (χ1n) is 7.12. The molecule has 0 aliphatic rings. The van der Waals surface area contributed by atoms with Gasteiger partial charge in [0.25, 0.3) is 0 Å². The predicted octanol–water partition coefficient (Wildman–Crippen LogP) is 4.58. The molecule has 1 rings (SSSR count). The molecule has 0 amide bonds. The van der Waals surface area contributed by atoms with Crippen molar-refractivity contribution in [1.82, 2.24) is 0 Å². The van der Waals surface area contributed by atoms with Crippen LogP contribution in [-0.4, -0.2) is 12.4 Å². The number of unbranched alkanes of at least 4 members (excludes halogenated alkanes) is 2. The van der Waals surface area contributed by atoms with Crippen molar-refractivity contribution >= 4 is 5.78 Å². The van der Waals surface area contributed by atoms with Crippen LogP contribution in [0.25, 0.3) is 0 Å². The highest BCUT2D eigenvalue weighted by Crippen LogP contribution is 2.22. The van der Waals surface area contributed by atoms with Crippen molar-refractivity contribution in [1.29, 1.82) is 0 Å². The summed E-state index contributed by atoms with van der Waals surface area (Å²) in [5.41, 5.74) is 1.81. The minimum Gasteiger partial charge on any atom is -0.493 e. The number of ketones is 1. The third-order valence-corrected chi connectivity index (χ3v) is 3.07. The summed E-state index contributed by atoms with van der Waals surface area (Å²) in [5.74, 6) is 1.05. The second-order valence-corrected chi connectivity index (χ2v) is 4.65. The molecule has 0 heterocycles. The number of benzene rings is 1. The lowest BCUT2D eigenvalue weighted by Crippen LogP contribution is -2.03. The van der Waals surface area contributed by atoms with Crippen molar-refractivity contribution in [3.05, 3.63) is 42.0 Å². The quantitative estimate of drug-likeness (QED) is 0.369. The molecule has 0 bridgehead atoms. The average Bonchev–Trinajstić information content (AvgIpc) is 2.44. The molecular formula is C17H24O2. The van der Waals surface area contributed by atoms with E-state index in [-0.39, 0.29) is 5.78 Å². The number of allylic oxidation sites excluding steroid dienone is 1. The Labute approximate surface area is 116 Å². The lowest BCUT2D eigenvalue weighted by molar-refractivity contribution is 0.0988. The van der Waals surface area contributed by atoms with Gasteiger partial charge in [-0.15, -0.1) is 6.58 Å². The second-order valence-electron chi connectivity index (χ2n) is 4.65. The van der Waals surface area contributed by atoms with E-state index in [0.29, 0.717) is 6.42 Å². The van der Waals surface area contributed by atoms with Gasteiger partial charge in [-0.05, 0) is 36.6 Å². The minimum atomic E-state index is 0.169. The van der Waals surface area contributed by atoms with Gasteiger partial charge in [0.2, 0.25) is 0 Å². The summed E-state index contributed by atoms with van der Waals surface area (Å²) >= 11 is 0. The lowest BCUT2D eigenvalue weighted by atomic mass is 10.0. The lowest BCUT2D eigenvalue weighted by Gasteiger charge is -2.11. The Morgan fingerprint density at radius 2 is 2.11 bits per heavy atom. The molecule has 0 aliphatic carbocycles. The molecule has 0 aliphatic heterocycles. The SMILES string of the molecule is C=CCc1cc(C(=O)CC)ccc1OCCCCC. The van der Waals surface area contributed by atoms with Crippen molar-refractivity contribution in [2.75, 3.05) is 6.61 Å². The maximum atomic E-state index is 11.7. The predicted molar refractivity (Wildman–Crippen MR) is 80.0 cm³/mol. The molecule has 104 valence electrons. The first-order valence-corrected chi connectivity index (χ1v) is 7.12. The zero-order valence-corrected chi connectivity index (χ0v) is 12.1. The summed E-state index contributed by atoms with van der Waals surface area (Å²) in [7, 11) is 0. The summed E-state index contributed by atoms with van der Waals surface area (Å²) in [6.45, 7) is 8.55. The van der Waals surface area contributed by atoms with Gasteiger partial charge in [-0.3, -0.25) is 4.79 Å². The zero-order chi connectivity index (χ0) is 14.1. The number of carbonyl (C=O) groups is 1. The van der Waals surface area contributed by atoms with Gasteiger partial charge in [0.1, 0.15) is 5.75 Å². The number of hydrogen-bond acceptors (Lipinski definition) is 2. The summed E-state index contributed by atoms with van der Waals surface area (Å²) < 4.78 is 5.80. The van der Waals surface area contributed by atoms with Crippen LogP contribution in [0.4, 0.5) is 0 Å². The summed E-state index contributed by atoms with van der Waals surface area (Å²) in [6.07, 6.45) is 6.54. The molecule has 0 N–H and O–H groups in total. The second kappa shape index (κ2) is 8.52. The third-order valence-electron chi connectivity index (χ3n) is 3.07. The van der Waals surface area contributed by atoms with Gasteiger partial charge in [0.05, 0.1) is 6.61 Å². The normalized spacial score (nSPS) is 10.2. The van der Waals surface area contributed by atoms with Crippen LogP contribution in [0.1, 0.15) is 55.5 Å². The van der Waals surface area contributed by atoms with Crippen LogP contribution in [0.3, 0.4) is 0 Å². The molecular weight excluding hydrogens is 236 g/mol. The summed E-state index contributed by atoms with van der Waals surface area (Å²) in [6, 6.07) is 5.70. The largest absolute Gasteiger partial charge is 0.493 e. The molecule has 1 aromatic carbocycles. The number of hydrogen-bond donors (Lipinski definition) is 0. The first-order chi connectivity index (χ1) is 9.22. The molecule has 0 atom stereocenters. The number of carbonyl (C=O) groups excluding carboxylic acids is 1. The molecule has 0 aromatic heterocycles. The van der Waals surface area contributed by atoms with Gasteiger partial charge < -0.3 is 4.74 Å². The van der Waals surface area contributed by atoms with Gasteiger partial charge in [-0.25, -0.2) is 0 Å². The van der Waals surface area contributed by atoms with Gasteiger partial charge in [0, 0.05) is 12.0 Å². The Kier molecular flexibility index (Phi) is 6.94. The molecule has 0 unspecified atom stereocenters. The fraction of sp³-hybridized carbons (Fsp3) is 0.471. The van der Waals surface area contributed by atoms with Crippen LogP contribution in [-0.2, 0) is 6.42 Å². The topological polar surface area (TPSA) is 26.3 Å². The highest BCUT2D eigenvalue weighted by molar-refractivity contribution is 5.96. The number of Topliss-reactive ketones (excluding diaryl/α,β-unsaturated/α-hetero) is 1. The van der Waals surface area contributed by atoms with Gasteiger partial charge in [-0.1, -0.05) is 32.8 Å². The van der Waals surface area contributed by atoms with Crippen molar-refractivity contribution in [2.24, 2.45) is 0 Å². The van der Waals surface area contributed by atoms with Crippen LogP contribution < -0.4 is 4.74 Å². The van der Waals surface area contributed by atoms with Crippen LogP contribution in [0, 0.1) is 0 Å². The number of ether oxygens (including phenoxy) is 1. The fourth-order valence-corrected chi connectivity index (χ4v) is 1.95. The maximum absolute atomic E-state index is 11.7. The molecule has 0 fully saturated rings. The van der Waals surface area contributed by atoms with Crippen molar-refractivity contribution in [3.8, 4) is 5.75 Å². The molecule has 0 saturated carbocycles. The first kappa shape index (κ1) is 15.5. The van der Waals surface area contributed by atoms with E-state index in [1.807, 2.05) is 31.2 Å². The van der Waals surface area contributed by atoms with E-state index in [2.05, 4.69) is 13.5 Å². The molecule has 2 heteroatoms. The standard InChI is InChI=1S/C17H24O2/c1-4-7-8-12-19-17-11-10-14(16(18)6-3)13-15(17)9-5-2/h5,10-11,13H,2,4,6-9,12H2,1,3H3. The van der Waals surface area contributed by atoms with Crippen LogP contribution >= 0.6 is 0 Å². The molecule has 0 spiro atoms. The molecule has 19 heavy (non-hydrogen) atoms. The monoisotopic (exact) mass is 260 g/mol. The van der Waals surface area contributed by atoms with Crippen molar-refractivity contribution in [2.45, 2.75) is 46.0 Å². The zero-order valence-electron chi connectivity index (χ0n) is 12.1. The van der Waals surface area contributed by atoms with Crippen LogP contribution in [0.2, 0.25) is 0 Å². The van der Waals surface area contributed by atoms with E-state index < -0.39 is 0 Å². The Morgan fingerprint density at radius 3 is 2.74 bits per heavy atom. The van der Waals surface area contributed by atoms with Crippen molar-refractivity contribution < 1.29 is 9.53 Å². The summed E-state index contributed by atoms with van der Waals surface area (Å²) in [5, 5.41) is 0. The highest BCUT2D eigenvalue weighted by atomic mass is 16.5. The molecule has 2 nitrogen and oxygen atoms in total. The van der Waals surface area contributed by atoms with E-state index in [0.717, 1.165) is 36.3 Å². The van der Waals surface area contributed by atoms with Crippen LogP contribution in [0.5, 0.6) is 5.75 Å². The number of rotatable bonds is 9. The van der Waals surface area contributed by atoms with E-state index in [1.165, 1.54) is 12.8 Å². The molecule has 0 saturated heterocycles. The van der Waals surface area contributed by atoms with E-state index in [1.54, 1.807) is 0 Å². The Balaban J connectivity index is 2.79. The fourth-order valence-electron chi connectivity index (χ4n) is 1.95. The average molecular weight is 260 g/mol. The van der Waals surface area contributed by atoms with E-state index >= 15 is 0 Å². The highest BCUT2D eigenvalue weighted by Gasteiger charge is 2.08. The van der Waals surface area contributed by atoms with Gasteiger partial charge >= 0.3 is 0 Å². The molecule has 0 radical (unpaired) electrons. The Bertz CT molecular complexity index is 421. The smallest absolute Gasteiger partial charge is 0.162 e. The Morgan fingerprint density at radius 1 is 1.32 bits per heavy atom. The van der Waals surface area contributed by atoms with Gasteiger partial charge in [-0.2, -0.15) is 0 Å². The Hall–Kier alpha value is -1.57. The van der Waals surface area contributed by atoms with Gasteiger partial charge in [0.15, 0.2) is 5.78 Å². The minimum absolute atomic E-state index is 0.169. The maximum Gasteiger partial charge on any atom is 0.162 e. The van der Waals surface area contributed by atoms with E-state index in [4.69, 9.17) is 4.74 Å². The van der Waals surface area contributed by atoms with Crippen molar-refractivity contribution in [3.63, 3.8) is 0 Å². The molecule has 1 aromatic rings. The van der Waals surface area contributed by atoms with E-state index in [9.17, 15) is 4.79 Å². The van der Waals surface area contributed by atoms with Crippen LogP contribution in [0.15, 0.2) is 30.9 Å². The summed E-state index contributed by atoms with van der Waals surface area (Å²) in [4.78, 5) is 11.7.